The van der Waals surface area contributed by atoms with Gasteiger partial charge in [-0.2, -0.15) is 0 Å². The van der Waals surface area contributed by atoms with Crippen molar-refractivity contribution in [3.05, 3.63) is 23.8 Å². The van der Waals surface area contributed by atoms with Gasteiger partial charge in [-0.15, -0.1) is 6.42 Å². The summed E-state index contributed by atoms with van der Waals surface area (Å²) in [5.74, 6) is 3.95. The van der Waals surface area contributed by atoms with Crippen molar-refractivity contribution in [1.29, 1.82) is 0 Å². The molecule has 1 N–H and O–H groups in total. The summed E-state index contributed by atoms with van der Waals surface area (Å²) < 4.78 is 16.2. The first-order chi connectivity index (χ1) is 9.83. The molecule has 0 aliphatic heterocycles. The average molecular weight is 277 g/mol. The van der Waals surface area contributed by atoms with Crippen LogP contribution < -0.4 is 14.8 Å². The molecule has 110 valence electrons. The molecule has 4 heteroatoms. The van der Waals surface area contributed by atoms with E-state index in [1.165, 1.54) is 0 Å². The molecule has 1 rings (SSSR count). The minimum Gasteiger partial charge on any atom is -0.490 e. The van der Waals surface area contributed by atoms with E-state index >= 15 is 0 Å². The van der Waals surface area contributed by atoms with Crippen LogP contribution in [-0.2, 0) is 11.3 Å². The third kappa shape index (κ3) is 5.52. The molecule has 0 amide bonds. The predicted molar refractivity (Wildman–Crippen MR) is 80.1 cm³/mol. The van der Waals surface area contributed by atoms with Crippen molar-refractivity contribution in [2.24, 2.45) is 0 Å². The second-order valence-electron chi connectivity index (χ2n) is 4.19. The Morgan fingerprint density at radius 3 is 2.85 bits per heavy atom. The monoisotopic (exact) mass is 277 g/mol. The van der Waals surface area contributed by atoms with E-state index in [9.17, 15) is 0 Å². The summed E-state index contributed by atoms with van der Waals surface area (Å²) >= 11 is 0. The van der Waals surface area contributed by atoms with Crippen LogP contribution in [0.1, 0.15) is 18.9 Å². The highest BCUT2D eigenvalue weighted by atomic mass is 16.5. The molecule has 0 fully saturated rings. The zero-order valence-corrected chi connectivity index (χ0v) is 12.3. The van der Waals surface area contributed by atoms with Crippen LogP contribution in [0, 0.1) is 12.3 Å². The molecule has 0 aromatic heterocycles. The van der Waals surface area contributed by atoms with Crippen LogP contribution in [0.2, 0.25) is 0 Å². The standard InChI is InChI=1S/C16H23NO3/c1-4-11-20-16-14(13-17-10-7-12-18-3)8-6-9-15(16)19-5-2/h1,6,8-9,17H,5,7,10-13H2,2-3H3. The number of nitrogens with one attached hydrogen (secondary N) is 1. The summed E-state index contributed by atoms with van der Waals surface area (Å²) in [6, 6.07) is 5.86. The van der Waals surface area contributed by atoms with Crippen molar-refractivity contribution in [1.82, 2.24) is 5.32 Å². The van der Waals surface area contributed by atoms with E-state index in [1.54, 1.807) is 7.11 Å². The Morgan fingerprint density at radius 2 is 2.15 bits per heavy atom. The van der Waals surface area contributed by atoms with Crippen molar-refractivity contribution < 1.29 is 14.2 Å². The number of ether oxygens (including phenoxy) is 3. The smallest absolute Gasteiger partial charge is 0.167 e. The van der Waals surface area contributed by atoms with Gasteiger partial charge in [0, 0.05) is 25.8 Å². The van der Waals surface area contributed by atoms with Crippen molar-refractivity contribution in [2.45, 2.75) is 19.9 Å². The topological polar surface area (TPSA) is 39.7 Å². The highest BCUT2D eigenvalue weighted by molar-refractivity contribution is 5.46. The molecule has 0 atom stereocenters. The van der Waals surface area contributed by atoms with Crippen LogP contribution >= 0.6 is 0 Å². The normalized spacial score (nSPS) is 10.1. The zero-order valence-electron chi connectivity index (χ0n) is 12.3. The predicted octanol–water partition coefficient (Wildman–Crippen LogP) is 2.22. The summed E-state index contributed by atoms with van der Waals surface area (Å²) in [7, 11) is 1.71. The Bertz CT molecular complexity index is 426. The summed E-state index contributed by atoms with van der Waals surface area (Å²) in [6.45, 7) is 5.14. The maximum Gasteiger partial charge on any atom is 0.167 e. The molecule has 1 aromatic carbocycles. The average Bonchev–Trinajstić information content (AvgIpc) is 2.46. The van der Waals surface area contributed by atoms with Crippen LogP contribution in [0.5, 0.6) is 11.5 Å². The number of para-hydroxylation sites is 1. The lowest BCUT2D eigenvalue weighted by Gasteiger charge is -2.15. The van der Waals surface area contributed by atoms with E-state index in [2.05, 4.69) is 11.2 Å². The molecule has 4 nitrogen and oxygen atoms in total. The first-order valence-corrected chi connectivity index (χ1v) is 6.84. The highest BCUT2D eigenvalue weighted by Gasteiger charge is 2.10. The SMILES string of the molecule is C#CCOc1c(CNCCCOC)cccc1OCC. The molecule has 0 saturated carbocycles. The molecule has 0 radical (unpaired) electrons. The lowest BCUT2D eigenvalue weighted by Crippen LogP contribution is -2.17. The summed E-state index contributed by atoms with van der Waals surface area (Å²) in [6.07, 6.45) is 6.23. The molecule has 0 bridgehead atoms. The first kappa shape index (κ1) is 16.4. The molecular weight excluding hydrogens is 254 g/mol. The van der Waals surface area contributed by atoms with Crippen molar-refractivity contribution in [2.75, 3.05) is 33.5 Å². The number of hydrogen-bond donors (Lipinski definition) is 1. The Balaban J connectivity index is 2.67. The van der Waals surface area contributed by atoms with Gasteiger partial charge in [-0.3, -0.25) is 0 Å². The molecule has 20 heavy (non-hydrogen) atoms. The van der Waals surface area contributed by atoms with Crippen LogP contribution in [0.15, 0.2) is 18.2 Å². The quantitative estimate of drug-likeness (QED) is 0.526. The lowest BCUT2D eigenvalue weighted by molar-refractivity contribution is 0.194. The van der Waals surface area contributed by atoms with Gasteiger partial charge < -0.3 is 19.5 Å². The third-order valence-corrected chi connectivity index (χ3v) is 2.68. The zero-order chi connectivity index (χ0) is 14.6. The van der Waals surface area contributed by atoms with E-state index in [0.29, 0.717) is 13.2 Å². The van der Waals surface area contributed by atoms with Crippen LogP contribution in [-0.4, -0.2) is 33.5 Å². The number of hydrogen-bond acceptors (Lipinski definition) is 4. The summed E-state index contributed by atoms with van der Waals surface area (Å²) in [4.78, 5) is 0. The van der Waals surface area contributed by atoms with Gasteiger partial charge in [0.2, 0.25) is 0 Å². The Hall–Kier alpha value is -1.70. The second kappa shape index (κ2) is 10.1. The Kier molecular flexibility index (Phi) is 8.28. The minimum absolute atomic E-state index is 0.237. The van der Waals surface area contributed by atoms with E-state index in [0.717, 1.165) is 36.6 Å². The number of rotatable bonds is 10. The third-order valence-electron chi connectivity index (χ3n) is 2.68. The van der Waals surface area contributed by atoms with Gasteiger partial charge in [0.1, 0.15) is 6.61 Å². The minimum atomic E-state index is 0.237. The summed E-state index contributed by atoms with van der Waals surface area (Å²) in [5.41, 5.74) is 1.05. The summed E-state index contributed by atoms with van der Waals surface area (Å²) in [5, 5.41) is 3.36. The van der Waals surface area contributed by atoms with Crippen LogP contribution in [0.3, 0.4) is 0 Å². The number of methoxy groups -OCH3 is 1. The largest absolute Gasteiger partial charge is 0.490 e. The molecule has 1 aromatic rings. The first-order valence-electron chi connectivity index (χ1n) is 6.84. The number of benzene rings is 1. The second-order valence-corrected chi connectivity index (χ2v) is 4.19. The lowest BCUT2D eigenvalue weighted by atomic mass is 10.2. The van der Waals surface area contributed by atoms with Gasteiger partial charge in [0.25, 0.3) is 0 Å². The molecule has 0 aliphatic carbocycles. The van der Waals surface area contributed by atoms with Gasteiger partial charge >= 0.3 is 0 Å². The van der Waals surface area contributed by atoms with Crippen molar-refractivity contribution >= 4 is 0 Å². The highest BCUT2D eigenvalue weighted by Crippen LogP contribution is 2.31. The van der Waals surface area contributed by atoms with E-state index < -0.39 is 0 Å². The molecule has 0 heterocycles. The maximum absolute atomic E-state index is 5.62. The molecule has 0 unspecified atom stereocenters. The maximum atomic E-state index is 5.62. The van der Waals surface area contributed by atoms with Gasteiger partial charge in [0.15, 0.2) is 11.5 Å². The number of terminal acetylenes is 1. The Morgan fingerprint density at radius 1 is 1.30 bits per heavy atom. The Labute approximate surface area is 121 Å². The van der Waals surface area contributed by atoms with Gasteiger partial charge in [-0.25, -0.2) is 0 Å². The van der Waals surface area contributed by atoms with Gasteiger partial charge in [-0.1, -0.05) is 18.1 Å². The van der Waals surface area contributed by atoms with E-state index in [1.807, 2.05) is 25.1 Å². The van der Waals surface area contributed by atoms with E-state index in [4.69, 9.17) is 20.6 Å². The van der Waals surface area contributed by atoms with Gasteiger partial charge in [0.05, 0.1) is 6.61 Å². The molecular formula is C16H23NO3. The fourth-order valence-corrected chi connectivity index (χ4v) is 1.81. The fourth-order valence-electron chi connectivity index (χ4n) is 1.81. The molecule has 0 spiro atoms. The van der Waals surface area contributed by atoms with Crippen LogP contribution in [0.4, 0.5) is 0 Å². The molecule has 0 aliphatic rings. The van der Waals surface area contributed by atoms with Gasteiger partial charge in [-0.05, 0) is 26.0 Å². The van der Waals surface area contributed by atoms with E-state index in [-0.39, 0.29) is 6.61 Å². The van der Waals surface area contributed by atoms with Crippen molar-refractivity contribution in [3.8, 4) is 23.8 Å². The fraction of sp³-hybridized carbons (Fsp3) is 0.500. The molecule has 0 saturated heterocycles. The van der Waals surface area contributed by atoms with Crippen LogP contribution in [0.25, 0.3) is 0 Å². The van der Waals surface area contributed by atoms with Crippen molar-refractivity contribution in [3.63, 3.8) is 0 Å².